The summed E-state index contributed by atoms with van der Waals surface area (Å²) in [6, 6.07) is 0. The Kier molecular flexibility index (Phi) is 3.99. The maximum atomic E-state index is 4.96. The van der Waals surface area contributed by atoms with Crippen LogP contribution in [0, 0.1) is 0 Å². The van der Waals surface area contributed by atoms with E-state index in [1.807, 2.05) is 6.20 Å². The van der Waals surface area contributed by atoms with Gasteiger partial charge in [-0.2, -0.15) is 0 Å². The fraction of sp³-hybridized carbons (Fsp3) is 0.619. The lowest BCUT2D eigenvalue weighted by atomic mass is 9.87. The number of imidazole rings is 1. The van der Waals surface area contributed by atoms with Crippen LogP contribution >= 0.6 is 0 Å². The Morgan fingerprint density at radius 1 is 0.880 bits per heavy atom. The average molecular weight is 336 g/mol. The molecule has 3 aromatic heterocycles. The first-order valence-corrected chi connectivity index (χ1v) is 10.2. The third-order valence-corrected chi connectivity index (χ3v) is 6.48. The van der Waals surface area contributed by atoms with Gasteiger partial charge in [-0.1, -0.05) is 44.9 Å². The molecule has 0 bridgehead atoms. The zero-order chi connectivity index (χ0) is 16.6. The van der Waals surface area contributed by atoms with Crippen molar-refractivity contribution < 1.29 is 0 Å². The zero-order valence-corrected chi connectivity index (χ0v) is 15.0. The molecule has 4 nitrogen and oxygen atoms in total. The van der Waals surface area contributed by atoms with Gasteiger partial charge in [-0.3, -0.25) is 4.40 Å². The Morgan fingerprint density at radius 3 is 2.32 bits per heavy atom. The van der Waals surface area contributed by atoms with Crippen molar-refractivity contribution in [1.82, 2.24) is 19.4 Å². The van der Waals surface area contributed by atoms with E-state index >= 15 is 0 Å². The standard InChI is InChI=1S/C21H28N4/c1-2-5-9-15(8-4-1)17-12-22-21-20(17)25-14-18(24-19(25)13-23-21)16-10-6-3-7-11-16/h12-16,22H,1-11H2. The van der Waals surface area contributed by atoms with Crippen molar-refractivity contribution in [1.29, 1.82) is 0 Å². The SMILES string of the molecule is c1[nH]c2ncc3nc(C4CCCCC4)cn3c2c1C1CCCCCC1. The third-order valence-electron chi connectivity index (χ3n) is 6.48. The number of rotatable bonds is 2. The molecule has 1 N–H and O–H groups in total. The maximum absolute atomic E-state index is 4.96. The van der Waals surface area contributed by atoms with Gasteiger partial charge in [-0.15, -0.1) is 0 Å². The van der Waals surface area contributed by atoms with Crippen molar-refractivity contribution in [3.63, 3.8) is 0 Å². The molecule has 0 amide bonds. The molecule has 3 aromatic rings. The van der Waals surface area contributed by atoms with Crippen LogP contribution in [0.15, 0.2) is 18.6 Å². The summed E-state index contributed by atoms with van der Waals surface area (Å²) in [6.45, 7) is 0. The first-order valence-electron chi connectivity index (χ1n) is 10.2. The number of hydrogen-bond donors (Lipinski definition) is 1. The number of aromatic amines is 1. The molecular formula is C21H28N4. The Labute approximate surface area is 149 Å². The second-order valence-corrected chi connectivity index (χ2v) is 8.12. The minimum absolute atomic E-state index is 0.643. The Morgan fingerprint density at radius 2 is 1.56 bits per heavy atom. The number of nitrogens with zero attached hydrogens (tertiary/aromatic N) is 3. The molecule has 0 spiro atoms. The molecule has 0 unspecified atom stereocenters. The predicted octanol–water partition coefficient (Wildman–Crippen LogP) is 5.70. The highest BCUT2D eigenvalue weighted by atomic mass is 15.1. The lowest BCUT2D eigenvalue weighted by molar-refractivity contribution is 0.438. The van der Waals surface area contributed by atoms with Crippen LogP contribution in [-0.4, -0.2) is 19.4 Å². The molecule has 25 heavy (non-hydrogen) atoms. The Bertz CT molecular complexity index is 861. The lowest BCUT2D eigenvalue weighted by Crippen LogP contribution is -2.04. The summed E-state index contributed by atoms with van der Waals surface area (Å²) in [5.74, 6) is 1.31. The molecule has 3 heterocycles. The largest absolute Gasteiger partial charge is 0.345 e. The van der Waals surface area contributed by atoms with E-state index < -0.39 is 0 Å². The van der Waals surface area contributed by atoms with Crippen LogP contribution in [0.2, 0.25) is 0 Å². The van der Waals surface area contributed by atoms with Crippen LogP contribution in [-0.2, 0) is 0 Å². The van der Waals surface area contributed by atoms with E-state index in [-0.39, 0.29) is 0 Å². The monoisotopic (exact) mass is 336 g/mol. The molecule has 2 fully saturated rings. The van der Waals surface area contributed by atoms with Crippen LogP contribution in [0.3, 0.4) is 0 Å². The highest BCUT2D eigenvalue weighted by molar-refractivity contribution is 5.79. The highest BCUT2D eigenvalue weighted by Gasteiger charge is 2.22. The van der Waals surface area contributed by atoms with Gasteiger partial charge in [0.25, 0.3) is 0 Å². The van der Waals surface area contributed by atoms with Crippen molar-refractivity contribution in [2.45, 2.75) is 82.5 Å². The van der Waals surface area contributed by atoms with Gasteiger partial charge in [0.05, 0.1) is 17.4 Å². The van der Waals surface area contributed by atoms with Gasteiger partial charge in [0.15, 0.2) is 11.3 Å². The quantitative estimate of drug-likeness (QED) is 0.610. The third kappa shape index (κ3) is 2.76. The van der Waals surface area contributed by atoms with E-state index in [0.29, 0.717) is 11.8 Å². The number of nitrogens with one attached hydrogen (secondary N) is 1. The second kappa shape index (κ2) is 6.47. The first-order chi connectivity index (χ1) is 12.4. The molecule has 132 valence electrons. The van der Waals surface area contributed by atoms with Gasteiger partial charge in [0.2, 0.25) is 0 Å². The average Bonchev–Trinajstić information content (AvgIpc) is 3.18. The van der Waals surface area contributed by atoms with Gasteiger partial charge in [-0.25, -0.2) is 9.97 Å². The van der Waals surface area contributed by atoms with E-state index in [4.69, 9.17) is 4.98 Å². The topological polar surface area (TPSA) is 46.0 Å². The summed E-state index contributed by atoms with van der Waals surface area (Å²) in [6.07, 6.45) is 21.3. The van der Waals surface area contributed by atoms with Gasteiger partial charge in [-0.05, 0) is 37.2 Å². The lowest BCUT2D eigenvalue weighted by Gasteiger charge is -2.19. The Balaban J connectivity index is 1.60. The highest BCUT2D eigenvalue weighted by Crippen LogP contribution is 2.37. The molecular weight excluding hydrogens is 308 g/mol. The fourth-order valence-electron chi connectivity index (χ4n) is 5.07. The zero-order valence-electron chi connectivity index (χ0n) is 15.0. The smallest absolute Gasteiger partial charge is 0.156 e. The number of hydrogen-bond acceptors (Lipinski definition) is 2. The molecule has 2 saturated carbocycles. The van der Waals surface area contributed by atoms with Crippen molar-refractivity contribution in [2.75, 3.05) is 0 Å². The van der Waals surface area contributed by atoms with Crippen molar-refractivity contribution in [3.8, 4) is 0 Å². The number of H-pyrrole nitrogens is 1. The first kappa shape index (κ1) is 15.4. The van der Waals surface area contributed by atoms with Crippen LogP contribution in [0.4, 0.5) is 0 Å². The molecule has 0 aromatic carbocycles. The molecule has 5 rings (SSSR count). The van der Waals surface area contributed by atoms with Crippen LogP contribution in [0.1, 0.15) is 93.7 Å². The van der Waals surface area contributed by atoms with Crippen molar-refractivity contribution >= 4 is 16.8 Å². The molecule has 4 heteroatoms. The van der Waals surface area contributed by atoms with E-state index in [1.165, 1.54) is 87.4 Å². The molecule has 0 atom stereocenters. The summed E-state index contributed by atoms with van der Waals surface area (Å²) in [4.78, 5) is 13.1. The molecule has 0 radical (unpaired) electrons. The molecule has 2 aliphatic carbocycles. The van der Waals surface area contributed by atoms with Crippen LogP contribution < -0.4 is 0 Å². The number of fused-ring (bicyclic) bond motifs is 3. The molecule has 2 aliphatic rings. The summed E-state index contributed by atoms with van der Waals surface area (Å²) in [5, 5.41) is 0. The van der Waals surface area contributed by atoms with Crippen LogP contribution in [0.25, 0.3) is 16.8 Å². The van der Waals surface area contributed by atoms with E-state index in [2.05, 4.69) is 26.8 Å². The molecule has 0 saturated heterocycles. The summed E-state index contributed by atoms with van der Waals surface area (Å²) in [5.41, 5.74) is 6.05. The molecule has 0 aliphatic heterocycles. The fourth-order valence-corrected chi connectivity index (χ4v) is 5.07. The van der Waals surface area contributed by atoms with Gasteiger partial charge in [0.1, 0.15) is 0 Å². The maximum Gasteiger partial charge on any atom is 0.156 e. The summed E-state index contributed by atoms with van der Waals surface area (Å²) >= 11 is 0. The van der Waals surface area contributed by atoms with Crippen molar-refractivity contribution in [3.05, 3.63) is 29.8 Å². The van der Waals surface area contributed by atoms with Crippen LogP contribution in [0.5, 0.6) is 0 Å². The van der Waals surface area contributed by atoms with E-state index in [1.54, 1.807) is 0 Å². The predicted molar refractivity (Wildman–Crippen MR) is 101 cm³/mol. The van der Waals surface area contributed by atoms with E-state index in [0.717, 1.165) is 11.3 Å². The second-order valence-electron chi connectivity index (χ2n) is 8.12. The van der Waals surface area contributed by atoms with Gasteiger partial charge >= 0.3 is 0 Å². The summed E-state index contributed by atoms with van der Waals surface area (Å²) < 4.78 is 2.32. The van der Waals surface area contributed by atoms with E-state index in [9.17, 15) is 0 Å². The Hall–Kier alpha value is -1.84. The number of aromatic nitrogens is 4. The normalized spacial score (nSPS) is 21.1. The minimum Gasteiger partial charge on any atom is -0.345 e. The minimum atomic E-state index is 0.643. The summed E-state index contributed by atoms with van der Waals surface area (Å²) in [7, 11) is 0. The van der Waals surface area contributed by atoms with Gasteiger partial charge in [0, 0.05) is 18.3 Å². The van der Waals surface area contributed by atoms with Gasteiger partial charge < -0.3 is 4.98 Å². The van der Waals surface area contributed by atoms with Crippen molar-refractivity contribution in [2.24, 2.45) is 0 Å².